The number of hydrogen-bond acceptors (Lipinski definition) is 9. The van der Waals surface area contributed by atoms with E-state index in [1.165, 1.54) is 7.11 Å². The Balaban J connectivity index is 0. The van der Waals surface area contributed by atoms with Crippen LogP contribution in [-0.4, -0.2) is 76.2 Å². The fourth-order valence-electron chi connectivity index (χ4n) is 2.59. The van der Waals surface area contributed by atoms with Crippen LogP contribution in [0.2, 0.25) is 0 Å². The molecule has 0 bridgehead atoms. The number of esters is 3. The molecule has 0 spiro atoms. The lowest BCUT2D eigenvalue weighted by molar-refractivity contribution is -0.152. The van der Waals surface area contributed by atoms with Gasteiger partial charge in [0.05, 0.1) is 44.4 Å². The number of aliphatic carboxylic acids is 1. The Hall–Kier alpha value is -2.72. The molecule has 1 N–H and O–H groups in total. The minimum Gasteiger partial charge on any atom is -0.481 e. The summed E-state index contributed by atoms with van der Waals surface area (Å²) in [4.78, 5) is 44.6. The number of carbonyl (C=O) groups excluding carboxylic acids is 3. The molecule has 10 nitrogen and oxygen atoms in total. The van der Waals surface area contributed by atoms with E-state index >= 15 is 0 Å². The molecule has 0 aliphatic carbocycles. The summed E-state index contributed by atoms with van der Waals surface area (Å²) >= 11 is 0. The minimum atomic E-state index is -0.882. The zero-order chi connectivity index (χ0) is 28.1. The van der Waals surface area contributed by atoms with Crippen molar-refractivity contribution in [2.45, 2.75) is 59.8 Å². The summed E-state index contributed by atoms with van der Waals surface area (Å²) < 4.78 is 24.6. The van der Waals surface area contributed by atoms with Crippen LogP contribution in [0, 0.1) is 11.3 Å². The van der Waals surface area contributed by atoms with Gasteiger partial charge in [0, 0.05) is 25.4 Å². The van der Waals surface area contributed by atoms with Crippen molar-refractivity contribution in [3.63, 3.8) is 0 Å². The number of carbonyl (C=O) groups is 4. The van der Waals surface area contributed by atoms with Gasteiger partial charge in [-0.05, 0) is 59.8 Å². The molecule has 0 rings (SSSR count). The molecule has 0 aliphatic heterocycles. The molecule has 2 atom stereocenters. The SMILES string of the molecule is C=C(C)C(=O)OCCCCC(C)(COC)C(=O)O.C=C(C)C(=O)OCCCCOC(=O)C(C)COC. The highest BCUT2D eigenvalue weighted by Crippen LogP contribution is 2.24. The number of rotatable bonds is 18. The van der Waals surface area contributed by atoms with Gasteiger partial charge >= 0.3 is 23.9 Å². The predicted octanol–water partition coefficient (Wildman–Crippen LogP) is 3.72. The first-order chi connectivity index (χ1) is 16.8. The lowest BCUT2D eigenvalue weighted by Gasteiger charge is -2.23. The van der Waals surface area contributed by atoms with Crippen LogP contribution in [0.1, 0.15) is 59.8 Å². The van der Waals surface area contributed by atoms with Crippen LogP contribution in [0.3, 0.4) is 0 Å². The van der Waals surface area contributed by atoms with Crippen LogP contribution in [0.4, 0.5) is 0 Å². The van der Waals surface area contributed by atoms with E-state index < -0.39 is 17.4 Å². The third kappa shape index (κ3) is 17.7. The van der Waals surface area contributed by atoms with Crippen LogP contribution >= 0.6 is 0 Å². The number of ether oxygens (including phenoxy) is 5. The highest BCUT2D eigenvalue weighted by atomic mass is 16.5. The van der Waals surface area contributed by atoms with Crippen LogP contribution in [0.5, 0.6) is 0 Å². The Morgan fingerprint density at radius 3 is 1.64 bits per heavy atom. The van der Waals surface area contributed by atoms with Gasteiger partial charge in [-0.25, -0.2) is 9.59 Å². The molecule has 0 aromatic heterocycles. The monoisotopic (exact) mass is 516 g/mol. The number of methoxy groups -OCH3 is 2. The normalized spacial score (nSPS) is 12.7. The summed E-state index contributed by atoms with van der Waals surface area (Å²) in [6.07, 6.45) is 3.10. The average Bonchev–Trinajstić information content (AvgIpc) is 2.81. The van der Waals surface area contributed by atoms with Crippen LogP contribution in [-0.2, 0) is 42.9 Å². The lowest BCUT2D eigenvalue weighted by atomic mass is 9.86. The van der Waals surface area contributed by atoms with E-state index in [2.05, 4.69) is 13.2 Å². The van der Waals surface area contributed by atoms with Crippen molar-refractivity contribution in [1.82, 2.24) is 0 Å². The zero-order valence-corrected chi connectivity index (χ0v) is 22.7. The second-order valence-electron chi connectivity index (χ2n) is 8.82. The minimum absolute atomic E-state index is 0.174. The van der Waals surface area contributed by atoms with Gasteiger partial charge in [0.2, 0.25) is 0 Å². The van der Waals surface area contributed by atoms with Gasteiger partial charge in [-0.3, -0.25) is 9.59 Å². The van der Waals surface area contributed by atoms with Crippen molar-refractivity contribution in [3.8, 4) is 0 Å². The largest absolute Gasteiger partial charge is 0.481 e. The third-order valence-corrected chi connectivity index (χ3v) is 4.87. The molecule has 208 valence electrons. The highest BCUT2D eigenvalue weighted by molar-refractivity contribution is 5.87. The van der Waals surface area contributed by atoms with Crippen molar-refractivity contribution in [3.05, 3.63) is 24.3 Å². The van der Waals surface area contributed by atoms with Crippen molar-refractivity contribution in [2.75, 3.05) is 47.3 Å². The summed E-state index contributed by atoms with van der Waals surface area (Å²) in [5, 5.41) is 9.10. The molecule has 0 aromatic rings. The average molecular weight is 517 g/mol. The Morgan fingerprint density at radius 2 is 1.25 bits per heavy atom. The molecule has 0 heterocycles. The molecular formula is C26H44O10. The van der Waals surface area contributed by atoms with E-state index in [1.807, 2.05) is 0 Å². The molecule has 0 saturated carbocycles. The zero-order valence-electron chi connectivity index (χ0n) is 22.7. The maximum absolute atomic E-state index is 11.4. The molecule has 0 radical (unpaired) electrons. The topological polar surface area (TPSA) is 135 Å². The van der Waals surface area contributed by atoms with E-state index in [0.717, 1.165) is 0 Å². The van der Waals surface area contributed by atoms with Gasteiger partial charge in [-0.15, -0.1) is 0 Å². The van der Waals surface area contributed by atoms with E-state index in [1.54, 1.807) is 34.8 Å². The van der Waals surface area contributed by atoms with Gasteiger partial charge in [-0.2, -0.15) is 0 Å². The molecular weight excluding hydrogens is 472 g/mol. The van der Waals surface area contributed by atoms with Gasteiger partial charge in [0.15, 0.2) is 0 Å². The highest BCUT2D eigenvalue weighted by Gasteiger charge is 2.32. The van der Waals surface area contributed by atoms with Crippen molar-refractivity contribution in [2.24, 2.45) is 11.3 Å². The van der Waals surface area contributed by atoms with Crippen LogP contribution in [0.15, 0.2) is 24.3 Å². The molecule has 0 amide bonds. The summed E-state index contributed by atoms with van der Waals surface area (Å²) in [6, 6.07) is 0. The van der Waals surface area contributed by atoms with Crippen molar-refractivity contribution in [1.29, 1.82) is 0 Å². The van der Waals surface area contributed by atoms with E-state index in [4.69, 9.17) is 28.8 Å². The van der Waals surface area contributed by atoms with Crippen LogP contribution in [0.25, 0.3) is 0 Å². The van der Waals surface area contributed by atoms with Gasteiger partial charge in [0.1, 0.15) is 0 Å². The maximum Gasteiger partial charge on any atom is 0.333 e. The molecule has 0 saturated heterocycles. The maximum atomic E-state index is 11.4. The number of carboxylic acids is 1. The molecule has 2 unspecified atom stereocenters. The lowest BCUT2D eigenvalue weighted by Crippen LogP contribution is -2.32. The molecule has 0 fully saturated rings. The Kier molecular flexibility index (Phi) is 20.2. The standard InChI is InChI=1S/2C13H22O5/c1-10(2)11(14)18-8-6-5-7-13(3,9-17-4)12(15)16;1-10(2)12(14)17-7-5-6-8-18-13(15)11(3)9-16-4/h1,5-9H2,2-4H3,(H,15,16);11H,1,5-9H2,2-4H3. The Bertz CT molecular complexity index is 714. The first kappa shape index (κ1) is 35.4. The number of carboxylic acid groups (broad SMARTS) is 1. The predicted molar refractivity (Wildman–Crippen MR) is 134 cm³/mol. The van der Waals surface area contributed by atoms with Gasteiger partial charge in [0.25, 0.3) is 0 Å². The smallest absolute Gasteiger partial charge is 0.333 e. The molecule has 36 heavy (non-hydrogen) atoms. The number of unbranched alkanes of at least 4 members (excludes halogenated alkanes) is 2. The number of hydrogen-bond donors (Lipinski definition) is 1. The molecule has 0 aliphatic rings. The quantitative estimate of drug-likeness (QED) is 0.124. The summed E-state index contributed by atoms with van der Waals surface area (Å²) in [7, 11) is 3.02. The van der Waals surface area contributed by atoms with E-state index in [-0.39, 0.29) is 31.1 Å². The third-order valence-electron chi connectivity index (χ3n) is 4.87. The second kappa shape index (κ2) is 20.5. The first-order valence-electron chi connectivity index (χ1n) is 11.9. The Labute approximate surface area is 214 Å². The van der Waals surface area contributed by atoms with Crippen molar-refractivity contribution >= 4 is 23.9 Å². The molecule has 10 heteroatoms. The van der Waals surface area contributed by atoms with E-state index in [0.29, 0.717) is 63.1 Å². The fraction of sp³-hybridized carbons (Fsp3) is 0.692. The fourth-order valence-corrected chi connectivity index (χ4v) is 2.59. The van der Waals surface area contributed by atoms with E-state index in [9.17, 15) is 19.2 Å². The second-order valence-corrected chi connectivity index (χ2v) is 8.82. The van der Waals surface area contributed by atoms with Gasteiger partial charge in [-0.1, -0.05) is 13.2 Å². The van der Waals surface area contributed by atoms with Gasteiger partial charge < -0.3 is 28.8 Å². The van der Waals surface area contributed by atoms with Crippen molar-refractivity contribution < 1.29 is 48.0 Å². The molecule has 0 aromatic carbocycles. The first-order valence-corrected chi connectivity index (χ1v) is 11.9. The summed E-state index contributed by atoms with van der Waals surface area (Å²) in [5.41, 5.74) is -0.132. The summed E-state index contributed by atoms with van der Waals surface area (Å²) in [5.74, 6) is -2.19. The van der Waals surface area contributed by atoms with Crippen LogP contribution < -0.4 is 0 Å². The Morgan fingerprint density at radius 1 is 0.806 bits per heavy atom. The summed E-state index contributed by atoms with van der Waals surface area (Å²) in [6.45, 7) is 15.0.